The Hall–Kier alpha value is -1.99. The Balaban J connectivity index is 2.17. The lowest BCUT2D eigenvalue weighted by molar-refractivity contribution is 0.0956. The molecule has 2 aromatic rings. The third-order valence-corrected chi connectivity index (χ3v) is 6.93. The fourth-order valence-corrected chi connectivity index (χ4v) is 5.03. The zero-order valence-corrected chi connectivity index (χ0v) is 19.6. The van der Waals surface area contributed by atoms with Gasteiger partial charge in [-0.2, -0.15) is 11.8 Å². The molecule has 0 heterocycles. The molecule has 1 amide bonds. The molecular formula is C22H30N2O3S2. The van der Waals surface area contributed by atoms with E-state index in [0.29, 0.717) is 23.4 Å². The SMILES string of the molecule is Cc1cc(C)cc(NS(=O)(=O)c2cc(C(=O)NCCSC(C)(C)C)ccc2C)c1. The highest BCUT2D eigenvalue weighted by Gasteiger charge is 2.20. The zero-order chi connectivity index (χ0) is 21.8. The van der Waals surface area contributed by atoms with Crippen molar-refractivity contribution in [2.45, 2.75) is 51.2 Å². The molecule has 2 rings (SSSR count). The average molecular weight is 435 g/mol. The minimum absolute atomic E-state index is 0.105. The van der Waals surface area contributed by atoms with E-state index in [2.05, 4.69) is 30.8 Å². The lowest BCUT2D eigenvalue weighted by atomic mass is 10.1. The predicted octanol–water partition coefficient (Wildman–Crippen LogP) is 4.67. The Morgan fingerprint density at radius 3 is 2.21 bits per heavy atom. The minimum atomic E-state index is -3.81. The number of nitrogens with one attached hydrogen (secondary N) is 2. The van der Waals surface area contributed by atoms with Crippen molar-refractivity contribution in [2.75, 3.05) is 17.0 Å². The standard InChI is InChI=1S/C22H30N2O3S2/c1-15-11-16(2)13-19(12-15)24-29(26,27)20-14-18(8-7-17(20)3)21(25)23-9-10-28-22(4,5)6/h7-8,11-14,24H,9-10H2,1-6H3,(H,23,25). The molecule has 0 atom stereocenters. The molecule has 2 N–H and O–H groups in total. The number of hydrogen-bond donors (Lipinski definition) is 2. The monoisotopic (exact) mass is 434 g/mol. The summed E-state index contributed by atoms with van der Waals surface area (Å²) >= 11 is 1.76. The van der Waals surface area contributed by atoms with E-state index in [1.165, 1.54) is 6.07 Å². The van der Waals surface area contributed by atoms with Gasteiger partial charge in [0.15, 0.2) is 0 Å². The number of aryl methyl sites for hydroxylation is 3. The Kier molecular flexibility index (Phi) is 7.40. The Morgan fingerprint density at radius 2 is 1.62 bits per heavy atom. The summed E-state index contributed by atoms with van der Waals surface area (Å²) in [7, 11) is -3.81. The molecule has 0 saturated carbocycles. The molecular weight excluding hydrogens is 404 g/mol. The van der Waals surface area contributed by atoms with Crippen molar-refractivity contribution in [3.05, 3.63) is 58.7 Å². The molecule has 7 heteroatoms. The van der Waals surface area contributed by atoms with Gasteiger partial charge in [0.05, 0.1) is 4.90 Å². The maximum atomic E-state index is 12.9. The van der Waals surface area contributed by atoms with E-state index in [4.69, 9.17) is 0 Å². The van der Waals surface area contributed by atoms with Crippen LogP contribution in [0.25, 0.3) is 0 Å². The summed E-state index contributed by atoms with van der Waals surface area (Å²) in [4.78, 5) is 12.6. The van der Waals surface area contributed by atoms with Crippen molar-refractivity contribution in [1.29, 1.82) is 0 Å². The highest BCUT2D eigenvalue weighted by Crippen LogP contribution is 2.23. The van der Waals surface area contributed by atoms with E-state index in [9.17, 15) is 13.2 Å². The van der Waals surface area contributed by atoms with Crippen molar-refractivity contribution < 1.29 is 13.2 Å². The maximum absolute atomic E-state index is 12.9. The summed E-state index contributed by atoms with van der Waals surface area (Å²) in [6.07, 6.45) is 0. The lowest BCUT2D eigenvalue weighted by Crippen LogP contribution is -2.27. The van der Waals surface area contributed by atoms with Gasteiger partial charge in [-0.3, -0.25) is 9.52 Å². The van der Waals surface area contributed by atoms with Crippen molar-refractivity contribution in [2.24, 2.45) is 0 Å². The maximum Gasteiger partial charge on any atom is 0.262 e. The molecule has 0 saturated heterocycles. The van der Waals surface area contributed by atoms with Gasteiger partial charge in [0, 0.05) is 28.3 Å². The van der Waals surface area contributed by atoms with Crippen LogP contribution in [0.3, 0.4) is 0 Å². The number of benzene rings is 2. The second-order valence-electron chi connectivity index (χ2n) is 8.18. The summed E-state index contributed by atoms with van der Waals surface area (Å²) in [6, 6.07) is 10.3. The van der Waals surface area contributed by atoms with E-state index >= 15 is 0 Å². The van der Waals surface area contributed by atoms with Gasteiger partial charge >= 0.3 is 0 Å². The lowest BCUT2D eigenvalue weighted by Gasteiger charge is -2.17. The molecule has 158 valence electrons. The van der Waals surface area contributed by atoms with Crippen LogP contribution >= 0.6 is 11.8 Å². The Labute approximate surface area is 178 Å². The highest BCUT2D eigenvalue weighted by atomic mass is 32.2. The quantitative estimate of drug-likeness (QED) is 0.621. The van der Waals surface area contributed by atoms with Crippen LogP contribution in [0, 0.1) is 20.8 Å². The summed E-state index contributed by atoms with van der Waals surface area (Å²) in [5.74, 6) is 0.517. The van der Waals surface area contributed by atoms with Gasteiger partial charge < -0.3 is 5.32 Å². The van der Waals surface area contributed by atoms with Crippen LogP contribution in [0.4, 0.5) is 5.69 Å². The van der Waals surface area contributed by atoms with E-state index in [1.807, 2.05) is 19.9 Å². The second-order valence-corrected chi connectivity index (χ2v) is 11.8. The smallest absolute Gasteiger partial charge is 0.262 e. The van der Waals surface area contributed by atoms with Crippen LogP contribution in [0.1, 0.15) is 47.8 Å². The highest BCUT2D eigenvalue weighted by molar-refractivity contribution is 8.00. The number of thioether (sulfide) groups is 1. The first-order valence-electron chi connectivity index (χ1n) is 9.51. The summed E-state index contributed by atoms with van der Waals surface area (Å²) in [5, 5.41) is 2.86. The molecule has 2 aromatic carbocycles. The fourth-order valence-electron chi connectivity index (χ4n) is 2.90. The third kappa shape index (κ3) is 7.08. The largest absolute Gasteiger partial charge is 0.351 e. The minimum Gasteiger partial charge on any atom is -0.351 e. The van der Waals surface area contributed by atoms with Gasteiger partial charge in [0.2, 0.25) is 0 Å². The Bertz CT molecular complexity index is 973. The molecule has 0 bridgehead atoms. The number of sulfonamides is 1. The Morgan fingerprint density at radius 1 is 1.00 bits per heavy atom. The van der Waals surface area contributed by atoms with Crippen LogP contribution in [0.5, 0.6) is 0 Å². The second kappa shape index (κ2) is 9.22. The van der Waals surface area contributed by atoms with Crippen LogP contribution in [0.15, 0.2) is 41.3 Å². The molecule has 5 nitrogen and oxygen atoms in total. The molecule has 0 aliphatic heterocycles. The summed E-state index contributed by atoms with van der Waals surface area (Å²) in [6.45, 7) is 12.4. The number of rotatable bonds is 7. The first-order chi connectivity index (χ1) is 13.4. The third-order valence-electron chi connectivity index (χ3n) is 4.14. The van der Waals surface area contributed by atoms with Gasteiger partial charge in [-0.05, 0) is 61.7 Å². The first-order valence-corrected chi connectivity index (χ1v) is 12.0. The molecule has 0 aromatic heterocycles. The predicted molar refractivity (Wildman–Crippen MR) is 122 cm³/mol. The topological polar surface area (TPSA) is 75.3 Å². The molecule has 29 heavy (non-hydrogen) atoms. The van der Waals surface area contributed by atoms with Crippen molar-refractivity contribution in [3.63, 3.8) is 0 Å². The molecule has 0 fully saturated rings. The fraction of sp³-hybridized carbons (Fsp3) is 0.409. The van der Waals surface area contributed by atoms with Gasteiger partial charge in [0.1, 0.15) is 0 Å². The summed E-state index contributed by atoms with van der Waals surface area (Å²) < 4.78 is 28.7. The number of hydrogen-bond acceptors (Lipinski definition) is 4. The zero-order valence-electron chi connectivity index (χ0n) is 17.9. The number of amides is 1. The van der Waals surface area contributed by atoms with Gasteiger partial charge in [-0.1, -0.05) is 32.9 Å². The van der Waals surface area contributed by atoms with Gasteiger partial charge in [-0.15, -0.1) is 0 Å². The number of carbonyl (C=O) groups excluding carboxylic acids is 1. The van der Waals surface area contributed by atoms with Crippen molar-refractivity contribution in [1.82, 2.24) is 5.32 Å². The van der Waals surface area contributed by atoms with Gasteiger partial charge in [0.25, 0.3) is 15.9 Å². The molecule has 0 radical (unpaired) electrons. The number of carbonyl (C=O) groups is 1. The van der Waals surface area contributed by atoms with Crippen molar-refractivity contribution in [3.8, 4) is 0 Å². The molecule has 0 aliphatic rings. The van der Waals surface area contributed by atoms with E-state index < -0.39 is 10.0 Å². The molecule has 0 spiro atoms. The van der Waals surface area contributed by atoms with Crippen LogP contribution in [-0.4, -0.2) is 31.4 Å². The average Bonchev–Trinajstić information content (AvgIpc) is 2.56. The first kappa shape index (κ1) is 23.3. The van der Waals surface area contributed by atoms with Gasteiger partial charge in [-0.25, -0.2) is 8.42 Å². The normalized spacial score (nSPS) is 11.9. The van der Waals surface area contributed by atoms with Crippen LogP contribution in [-0.2, 0) is 10.0 Å². The molecule has 0 unspecified atom stereocenters. The summed E-state index contributed by atoms with van der Waals surface area (Å²) in [5.41, 5.74) is 3.37. The van der Waals surface area contributed by atoms with E-state index in [1.54, 1.807) is 43.0 Å². The van der Waals surface area contributed by atoms with Crippen molar-refractivity contribution >= 4 is 33.4 Å². The van der Waals surface area contributed by atoms with E-state index in [0.717, 1.165) is 16.9 Å². The van der Waals surface area contributed by atoms with Crippen LogP contribution in [0.2, 0.25) is 0 Å². The van der Waals surface area contributed by atoms with E-state index in [-0.39, 0.29) is 15.5 Å². The number of anilines is 1. The van der Waals surface area contributed by atoms with Crippen LogP contribution < -0.4 is 10.0 Å². The molecule has 0 aliphatic carbocycles.